The highest BCUT2D eigenvalue weighted by molar-refractivity contribution is 8.02. The summed E-state index contributed by atoms with van der Waals surface area (Å²) in [6.45, 7) is 16.2. The summed E-state index contributed by atoms with van der Waals surface area (Å²) in [6, 6.07) is 7.13. The predicted octanol–water partition coefficient (Wildman–Crippen LogP) is 3.03. The molecule has 1 N–H and O–H groups in total. The van der Waals surface area contributed by atoms with Gasteiger partial charge in [0.2, 0.25) is 11.8 Å². The van der Waals surface area contributed by atoms with Crippen LogP contribution in [0.15, 0.2) is 49.6 Å². The summed E-state index contributed by atoms with van der Waals surface area (Å²) in [6.07, 6.45) is 4.14. The van der Waals surface area contributed by atoms with Gasteiger partial charge in [-0.15, -0.1) is 24.9 Å². The number of hydrogen-bond acceptors (Lipinski definition) is 6. The molecule has 212 valence electrons. The molecular weight excluding hydrogens is 512 g/mol. The normalized spacial score (nSPS) is 28.8. The lowest BCUT2D eigenvalue weighted by molar-refractivity contribution is -0.143. The average Bonchev–Trinajstić information content (AvgIpc) is 3.52. The first kappa shape index (κ1) is 29.2. The second-order valence-electron chi connectivity index (χ2n) is 10.7. The molecule has 0 aliphatic carbocycles. The number of carbonyl (C=O) groups excluding carboxylic acids is 3. The maximum absolute atomic E-state index is 14.6. The number of aliphatic hydroxyl groups excluding tert-OH is 1. The maximum atomic E-state index is 14.6. The van der Waals surface area contributed by atoms with E-state index in [2.05, 4.69) is 38.8 Å². The Morgan fingerprint density at radius 2 is 1.72 bits per heavy atom. The van der Waals surface area contributed by atoms with E-state index >= 15 is 0 Å². The molecule has 39 heavy (non-hydrogen) atoms. The molecule has 0 aromatic heterocycles. The van der Waals surface area contributed by atoms with Gasteiger partial charge in [0, 0.05) is 56.4 Å². The van der Waals surface area contributed by atoms with Crippen LogP contribution in [0.4, 0.5) is 11.4 Å². The molecule has 9 heteroatoms. The molecule has 3 aliphatic heterocycles. The van der Waals surface area contributed by atoms with E-state index in [1.54, 1.807) is 45.7 Å². The third-order valence-corrected chi connectivity index (χ3v) is 10.8. The number of rotatable bonds is 12. The standard InChI is InChI=1S/C30H42N4O4S/c1-7-15-31(6)27(36)24-23-19-20(5)30(39-23)25(24)28(37)34(17-18-35)26(30)29(38)33(16-8-2)22-13-11-21(12-14-22)32(9-3)10-4/h7-8,11-14,20,23-26,35H,1-2,9-10,15-19H2,3-6H3/t20?,23-,24+,25-,26?,30?/m0/s1. The smallest absolute Gasteiger partial charge is 0.251 e. The molecule has 3 aliphatic rings. The van der Waals surface area contributed by atoms with Crippen LogP contribution in [-0.4, -0.2) is 95.0 Å². The number of likely N-dealkylation sites (N-methyl/N-ethyl adjacent to an activating group) is 1. The number of amides is 3. The van der Waals surface area contributed by atoms with Crippen molar-refractivity contribution in [3.8, 4) is 0 Å². The van der Waals surface area contributed by atoms with Gasteiger partial charge in [0.15, 0.2) is 0 Å². The Morgan fingerprint density at radius 3 is 2.28 bits per heavy atom. The molecule has 3 heterocycles. The predicted molar refractivity (Wildman–Crippen MR) is 158 cm³/mol. The summed E-state index contributed by atoms with van der Waals surface area (Å²) < 4.78 is -0.732. The van der Waals surface area contributed by atoms with Crippen LogP contribution >= 0.6 is 11.8 Å². The Bertz CT molecular complexity index is 1110. The quantitative estimate of drug-likeness (QED) is 0.400. The molecule has 6 atom stereocenters. The molecule has 1 aromatic rings. The largest absolute Gasteiger partial charge is 0.395 e. The van der Waals surface area contributed by atoms with E-state index in [1.165, 1.54) is 0 Å². The van der Waals surface area contributed by atoms with E-state index in [1.807, 2.05) is 24.3 Å². The van der Waals surface area contributed by atoms with Crippen molar-refractivity contribution < 1.29 is 19.5 Å². The first-order valence-corrected chi connectivity index (χ1v) is 14.8. The van der Waals surface area contributed by atoms with Gasteiger partial charge in [-0.1, -0.05) is 19.1 Å². The Labute approximate surface area is 236 Å². The summed E-state index contributed by atoms with van der Waals surface area (Å²) in [5.41, 5.74) is 1.81. The Balaban J connectivity index is 1.75. The SMILES string of the molecule is C=CCN(C)C(=O)[C@@H]1[C@@H]2CC(C)C3(S2)C(C(=O)N(CC=C)c2ccc(N(CC)CC)cc2)N(CCO)C(=O)[C@H]13. The first-order valence-electron chi connectivity index (χ1n) is 13.9. The van der Waals surface area contributed by atoms with Crippen LogP contribution in [0.2, 0.25) is 0 Å². The van der Waals surface area contributed by atoms with E-state index in [4.69, 9.17) is 0 Å². The molecule has 4 rings (SSSR count). The zero-order valence-electron chi connectivity index (χ0n) is 23.6. The Kier molecular flexibility index (Phi) is 8.81. The molecule has 8 nitrogen and oxygen atoms in total. The fraction of sp³-hybridized carbons (Fsp3) is 0.567. The van der Waals surface area contributed by atoms with Crippen LogP contribution in [0.25, 0.3) is 0 Å². The fourth-order valence-electron chi connectivity index (χ4n) is 7.00. The highest BCUT2D eigenvalue weighted by Crippen LogP contribution is 2.68. The van der Waals surface area contributed by atoms with E-state index < -0.39 is 22.6 Å². The van der Waals surface area contributed by atoms with Gasteiger partial charge in [-0.05, 0) is 50.5 Å². The fourth-order valence-corrected chi connectivity index (χ4v) is 9.41. The van der Waals surface area contributed by atoms with Crippen LogP contribution in [0.1, 0.15) is 27.2 Å². The van der Waals surface area contributed by atoms with Gasteiger partial charge in [0.1, 0.15) is 6.04 Å². The molecule has 0 saturated carbocycles. The van der Waals surface area contributed by atoms with Crippen molar-refractivity contribution in [1.29, 1.82) is 0 Å². The van der Waals surface area contributed by atoms with Crippen LogP contribution < -0.4 is 9.80 Å². The van der Waals surface area contributed by atoms with E-state index in [0.29, 0.717) is 6.54 Å². The minimum atomic E-state index is -0.780. The third kappa shape index (κ3) is 4.67. The van der Waals surface area contributed by atoms with Gasteiger partial charge in [-0.25, -0.2) is 0 Å². The Morgan fingerprint density at radius 1 is 1.10 bits per heavy atom. The lowest BCUT2D eigenvalue weighted by Gasteiger charge is -2.40. The van der Waals surface area contributed by atoms with Gasteiger partial charge < -0.3 is 24.7 Å². The molecule has 3 saturated heterocycles. The Hall–Kier alpha value is -2.78. The lowest BCUT2D eigenvalue weighted by atomic mass is 9.65. The van der Waals surface area contributed by atoms with Crippen molar-refractivity contribution in [2.75, 3.05) is 56.2 Å². The minimum absolute atomic E-state index is 0.0264. The first-order chi connectivity index (χ1) is 18.7. The highest BCUT2D eigenvalue weighted by atomic mass is 32.2. The summed E-state index contributed by atoms with van der Waals surface area (Å²) in [5, 5.41) is 9.90. The highest BCUT2D eigenvalue weighted by Gasteiger charge is 2.76. The van der Waals surface area contributed by atoms with Gasteiger partial charge in [0.05, 0.1) is 23.2 Å². The van der Waals surface area contributed by atoms with Crippen LogP contribution in [-0.2, 0) is 14.4 Å². The zero-order chi connectivity index (χ0) is 28.5. The number of thioether (sulfide) groups is 1. The van der Waals surface area contributed by atoms with Crippen molar-refractivity contribution in [3.63, 3.8) is 0 Å². The summed E-state index contributed by atoms with van der Waals surface area (Å²) in [4.78, 5) is 49.3. The van der Waals surface area contributed by atoms with Gasteiger partial charge in [-0.3, -0.25) is 14.4 Å². The molecule has 0 radical (unpaired) electrons. The number of aliphatic hydroxyl groups is 1. The summed E-state index contributed by atoms with van der Waals surface area (Å²) in [5.74, 6) is -1.52. The molecule has 2 bridgehead atoms. The molecule has 3 fully saturated rings. The molecule has 1 aromatic carbocycles. The number of anilines is 2. The maximum Gasteiger partial charge on any atom is 0.251 e. The van der Waals surface area contributed by atoms with E-state index in [-0.39, 0.29) is 48.6 Å². The van der Waals surface area contributed by atoms with Crippen molar-refractivity contribution in [2.45, 2.75) is 43.2 Å². The number of carbonyl (C=O) groups is 3. The van der Waals surface area contributed by atoms with Crippen LogP contribution in [0.5, 0.6) is 0 Å². The van der Waals surface area contributed by atoms with Crippen LogP contribution in [0, 0.1) is 17.8 Å². The van der Waals surface area contributed by atoms with Crippen molar-refractivity contribution in [2.24, 2.45) is 17.8 Å². The van der Waals surface area contributed by atoms with E-state index in [0.717, 1.165) is 30.9 Å². The van der Waals surface area contributed by atoms with Crippen molar-refractivity contribution >= 4 is 40.9 Å². The molecular formula is C30H42N4O4S. The molecule has 1 spiro atoms. The van der Waals surface area contributed by atoms with Gasteiger partial charge in [-0.2, -0.15) is 0 Å². The van der Waals surface area contributed by atoms with Crippen molar-refractivity contribution in [3.05, 3.63) is 49.6 Å². The van der Waals surface area contributed by atoms with Gasteiger partial charge >= 0.3 is 0 Å². The average molecular weight is 555 g/mol. The molecule has 3 amide bonds. The second kappa shape index (κ2) is 11.8. The number of nitrogens with zero attached hydrogens (tertiary/aromatic N) is 4. The summed E-state index contributed by atoms with van der Waals surface area (Å²) >= 11 is 1.64. The third-order valence-electron chi connectivity index (χ3n) is 8.75. The van der Waals surface area contributed by atoms with Gasteiger partial charge in [0.25, 0.3) is 5.91 Å². The van der Waals surface area contributed by atoms with Crippen molar-refractivity contribution in [1.82, 2.24) is 9.80 Å². The lowest BCUT2D eigenvalue weighted by Crippen LogP contribution is -2.57. The monoisotopic (exact) mass is 554 g/mol. The number of fused-ring (bicyclic) bond motifs is 1. The number of likely N-dealkylation sites (tertiary alicyclic amines) is 1. The minimum Gasteiger partial charge on any atom is -0.395 e. The summed E-state index contributed by atoms with van der Waals surface area (Å²) in [7, 11) is 1.73. The number of hydrogen-bond donors (Lipinski definition) is 1. The zero-order valence-corrected chi connectivity index (χ0v) is 24.4. The second-order valence-corrected chi connectivity index (χ2v) is 12.3. The topological polar surface area (TPSA) is 84.4 Å². The number of β-amino-alcohol motifs (C(OH)–C–C–N with tert-alkyl or cyclic N) is 1. The van der Waals surface area contributed by atoms with Crippen LogP contribution in [0.3, 0.4) is 0 Å². The number of benzene rings is 1. The van der Waals surface area contributed by atoms with E-state index in [9.17, 15) is 19.5 Å². The molecule has 3 unspecified atom stereocenters.